The lowest BCUT2D eigenvalue weighted by atomic mass is 9.93. The normalized spacial score (nSPS) is 24.5. The molecule has 2 aromatic rings. The molecule has 0 saturated heterocycles. The molecule has 31 heavy (non-hydrogen) atoms. The molecule has 2 atom stereocenters. The zero-order valence-electron chi connectivity index (χ0n) is 16.3. The van der Waals surface area contributed by atoms with Gasteiger partial charge in [0.25, 0.3) is 0 Å². The summed E-state index contributed by atoms with van der Waals surface area (Å²) in [4.78, 5) is 11.7. The van der Waals surface area contributed by atoms with Crippen molar-refractivity contribution in [1.82, 2.24) is 9.97 Å². The minimum atomic E-state index is -4.82. The zero-order chi connectivity index (χ0) is 23.0. The molecule has 0 fully saturated rings. The molecule has 1 aliphatic heterocycles. The summed E-state index contributed by atoms with van der Waals surface area (Å²) in [5.74, 6) is -2.55. The second kappa shape index (κ2) is 7.70. The van der Waals surface area contributed by atoms with Gasteiger partial charge in [0.15, 0.2) is 5.83 Å². The van der Waals surface area contributed by atoms with E-state index < -0.39 is 41.4 Å². The first kappa shape index (κ1) is 22.3. The van der Waals surface area contributed by atoms with E-state index in [1.807, 2.05) is 6.07 Å². The van der Waals surface area contributed by atoms with E-state index in [1.54, 1.807) is 0 Å². The van der Waals surface area contributed by atoms with Crippen LogP contribution in [-0.4, -0.2) is 34.2 Å². The number of nitrogens with zero attached hydrogens (tertiary/aromatic N) is 4. The maximum Gasteiger partial charge on any atom is 0.424 e. The smallest absolute Gasteiger partial charge is 0.385 e. The Morgan fingerprint density at radius 2 is 1.97 bits per heavy atom. The summed E-state index contributed by atoms with van der Waals surface area (Å²) in [7, 11) is 0. The third kappa shape index (κ3) is 4.11. The number of aromatic nitrogens is 2. The van der Waals surface area contributed by atoms with E-state index in [9.17, 15) is 22.0 Å². The van der Waals surface area contributed by atoms with Gasteiger partial charge in [0.1, 0.15) is 29.0 Å². The van der Waals surface area contributed by atoms with Crippen molar-refractivity contribution >= 4 is 17.7 Å². The second-order valence-corrected chi connectivity index (χ2v) is 7.19. The molecular formula is C20H16F5N5O. The molecule has 3 rings (SSSR count). The molecule has 0 radical (unpaired) electrons. The summed E-state index contributed by atoms with van der Waals surface area (Å²) in [5.41, 5.74) is 0.838. The van der Waals surface area contributed by atoms with Gasteiger partial charge in [0.2, 0.25) is 5.60 Å². The highest BCUT2D eigenvalue weighted by Gasteiger charge is 2.59. The summed E-state index contributed by atoms with van der Waals surface area (Å²) < 4.78 is 73.8. The number of nitriles is 1. The fourth-order valence-corrected chi connectivity index (χ4v) is 2.83. The molecule has 0 unspecified atom stereocenters. The molecule has 0 aliphatic carbocycles. The largest absolute Gasteiger partial charge is 0.424 e. The number of aliphatic imine (C=N–C) groups is 1. The van der Waals surface area contributed by atoms with E-state index in [-0.39, 0.29) is 22.6 Å². The van der Waals surface area contributed by atoms with E-state index in [0.717, 1.165) is 19.1 Å². The summed E-state index contributed by atoms with van der Waals surface area (Å²) >= 11 is 0. The molecule has 0 aromatic carbocycles. The maximum atomic E-state index is 14.5. The quantitative estimate of drug-likeness (QED) is 0.735. The van der Waals surface area contributed by atoms with Gasteiger partial charge in [-0.25, -0.2) is 13.8 Å². The number of hydrogen-bond donors (Lipinski definition) is 1. The Morgan fingerprint density at radius 3 is 2.52 bits per heavy atom. The molecule has 0 spiro atoms. The van der Waals surface area contributed by atoms with Crippen LogP contribution in [0.25, 0.3) is 11.9 Å². The Bertz CT molecular complexity index is 1110. The lowest BCUT2D eigenvalue weighted by molar-refractivity contribution is -0.249. The summed E-state index contributed by atoms with van der Waals surface area (Å²) in [5, 5.41) is 8.77. The Morgan fingerprint density at radius 1 is 1.26 bits per heavy atom. The summed E-state index contributed by atoms with van der Waals surface area (Å²) in [6.07, 6.45) is -2.67. The van der Waals surface area contributed by atoms with Crippen molar-refractivity contribution in [3.63, 3.8) is 0 Å². The van der Waals surface area contributed by atoms with Crippen LogP contribution >= 0.6 is 0 Å². The van der Waals surface area contributed by atoms with Crippen molar-refractivity contribution < 1.29 is 26.7 Å². The molecule has 1 aliphatic rings. The highest BCUT2D eigenvalue weighted by Crippen LogP contribution is 2.40. The van der Waals surface area contributed by atoms with Gasteiger partial charge in [0, 0.05) is 12.3 Å². The molecule has 162 valence electrons. The highest BCUT2D eigenvalue weighted by atomic mass is 19.4. The number of ether oxygens (including phenoxy) is 1. The number of nitrogens with two attached hydrogens (primary N) is 1. The number of alkyl halides is 3. The van der Waals surface area contributed by atoms with Gasteiger partial charge in [-0.05, 0) is 38.1 Å². The van der Waals surface area contributed by atoms with E-state index >= 15 is 0 Å². The van der Waals surface area contributed by atoms with Gasteiger partial charge >= 0.3 is 6.18 Å². The minimum absolute atomic E-state index is 0.0285. The Balaban J connectivity index is 1.99. The van der Waals surface area contributed by atoms with Gasteiger partial charge in [-0.1, -0.05) is 0 Å². The first-order chi connectivity index (χ1) is 14.4. The number of hydrogen-bond acceptors (Lipinski definition) is 6. The summed E-state index contributed by atoms with van der Waals surface area (Å²) in [6, 6.07) is 6.68. The van der Waals surface area contributed by atoms with E-state index in [0.29, 0.717) is 0 Å². The first-order valence-corrected chi connectivity index (χ1v) is 8.87. The van der Waals surface area contributed by atoms with Crippen molar-refractivity contribution in [3.05, 3.63) is 58.9 Å². The van der Waals surface area contributed by atoms with Crippen LogP contribution in [0, 0.1) is 17.1 Å². The summed E-state index contributed by atoms with van der Waals surface area (Å²) in [6.45, 7) is 1.39. The van der Waals surface area contributed by atoms with Crippen LogP contribution in [0.2, 0.25) is 0 Å². The molecule has 0 amide bonds. The lowest BCUT2D eigenvalue weighted by Crippen LogP contribution is -2.60. The van der Waals surface area contributed by atoms with Crippen molar-refractivity contribution in [2.75, 3.05) is 6.61 Å². The van der Waals surface area contributed by atoms with Crippen molar-refractivity contribution in [1.29, 1.82) is 5.26 Å². The maximum absolute atomic E-state index is 14.5. The van der Waals surface area contributed by atoms with Gasteiger partial charge in [-0.3, -0.25) is 9.98 Å². The zero-order valence-corrected chi connectivity index (χ0v) is 16.3. The van der Waals surface area contributed by atoms with Crippen LogP contribution in [0.15, 0.2) is 35.5 Å². The second-order valence-electron chi connectivity index (χ2n) is 7.19. The van der Waals surface area contributed by atoms with Gasteiger partial charge < -0.3 is 10.5 Å². The van der Waals surface area contributed by atoms with Crippen LogP contribution in [0.3, 0.4) is 0 Å². The molecule has 6 nitrogen and oxygen atoms in total. The van der Waals surface area contributed by atoms with Gasteiger partial charge in [0.05, 0.1) is 23.6 Å². The number of pyridine rings is 2. The highest BCUT2D eigenvalue weighted by molar-refractivity contribution is 5.90. The van der Waals surface area contributed by atoms with Crippen LogP contribution in [0.5, 0.6) is 0 Å². The predicted molar refractivity (Wildman–Crippen MR) is 102 cm³/mol. The molecule has 3 heterocycles. The number of halogens is 5. The minimum Gasteiger partial charge on any atom is -0.385 e. The third-order valence-corrected chi connectivity index (χ3v) is 4.83. The fourth-order valence-electron chi connectivity index (χ4n) is 2.83. The average Bonchev–Trinajstić information content (AvgIpc) is 2.71. The third-order valence-electron chi connectivity index (χ3n) is 4.83. The molecule has 0 bridgehead atoms. The van der Waals surface area contributed by atoms with Crippen LogP contribution < -0.4 is 5.73 Å². The lowest BCUT2D eigenvalue weighted by Gasteiger charge is -2.40. The van der Waals surface area contributed by atoms with E-state index in [2.05, 4.69) is 15.0 Å². The number of amidine groups is 1. The Kier molecular flexibility index (Phi) is 5.54. The Labute approximate surface area is 173 Å². The van der Waals surface area contributed by atoms with Crippen LogP contribution in [0.1, 0.15) is 36.5 Å². The SMILES string of the molecule is C[C@@]1(c2nc(/C=C(\F)c3ccc(C#N)cn3)ccc2F)CO[C@@](C)(C(F)(F)F)C(N)=N1. The van der Waals surface area contributed by atoms with Gasteiger partial charge in [-0.15, -0.1) is 0 Å². The number of rotatable bonds is 3. The van der Waals surface area contributed by atoms with Crippen molar-refractivity contribution in [2.45, 2.75) is 31.2 Å². The topological polar surface area (TPSA) is 97.2 Å². The monoisotopic (exact) mass is 437 g/mol. The van der Waals surface area contributed by atoms with E-state index in [1.165, 1.54) is 31.3 Å². The van der Waals surface area contributed by atoms with Crippen molar-refractivity contribution in [2.24, 2.45) is 10.7 Å². The van der Waals surface area contributed by atoms with Crippen molar-refractivity contribution in [3.8, 4) is 6.07 Å². The fraction of sp³-hybridized carbons (Fsp3) is 0.300. The average molecular weight is 437 g/mol. The standard InChI is InChI=1S/C20H16F5N5O/c1-18(10-31-19(2,17(27)30-18)20(23,24)25)16-13(21)5-4-12(29-16)7-14(22)15-6-3-11(8-26)9-28-15/h3-7,9H,10H2,1-2H3,(H2,27,30)/b14-7-/t18-,19+/m0/s1. The predicted octanol–water partition coefficient (Wildman–Crippen LogP) is 3.88. The molecule has 11 heteroatoms. The van der Waals surface area contributed by atoms with Crippen LogP contribution in [-0.2, 0) is 10.3 Å². The molecular weight excluding hydrogens is 421 g/mol. The molecule has 0 saturated carbocycles. The van der Waals surface area contributed by atoms with Crippen LogP contribution in [0.4, 0.5) is 22.0 Å². The Hall–Kier alpha value is -3.39. The molecule has 2 N–H and O–H groups in total. The molecule has 2 aromatic heterocycles. The first-order valence-electron chi connectivity index (χ1n) is 8.87. The van der Waals surface area contributed by atoms with Gasteiger partial charge in [-0.2, -0.15) is 18.4 Å². The van der Waals surface area contributed by atoms with E-state index in [4.69, 9.17) is 15.7 Å².